The molecule has 1 aliphatic rings. The van der Waals surface area contributed by atoms with Gasteiger partial charge in [-0.05, 0) is 56.9 Å². The molecule has 1 fully saturated rings. The topological polar surface area (TPSA) is 85.8 Å². The first-order chi connectivity index (χ1) is 17.0. The first kappa shape index (κ1) is 24.1. The molecule has 0 unspecified atom stereocenters. The summed E-state index contributed by atoms with van der Waals surface area (Å²) < 4.78 is 17.1. The highest BCUT2D eigenvalue weighted by Gasteiger charge is 2.28. The minimum absolute atomic E-state index is 0.0153. The molecule has 1 N–H and O–H groups in total. The van der Waals surface area contributed by atoms with E-state index in [2.05, 4.69) is 21.2 Å². The Morgan fingerprint density at radius 3 is 2.69 bits per heavy atom. The molecule has 4 rings (SSSR count). The second kappa shape index (κ2) is 11.0. The van der Waals surface area contributed by atoms with Crippen LogP contribution in [0.15, 0.2) is 42.7 Å². The number of benzene rings is 2. The fraction of sp³-hybridized carbons (Fsp3) is 0.370. The molecule has 0 spiro atoms. The number of carbonyl (C=O) groups excluding carboxylic acids is 1. The summed E-state index contributed by atoms with van der Waals surface area (Å²) in [5.41, 5.74) is 2.35. The summed E-state index contributed by atoms with van der Waals surface area (Å²) in [5.74, 6) is 4.54. The van der Waals surface area contributed by atoms with Crippen LogP contribution in [0, 0.1) is 12.3 Å². The van der Waals surface area contributed by atoms with Crippen molar-refractivity contribution in [2.45, 2.75) is 44.8 Å². The van der Waals surface area contributed by atoms with E-state index in [1.807, 2.05) is 43.3 Å². The van der Waals surface area contributed by atoms with Gasteiger partial charge in [0.2, 0.25) is 0 Å². The normalized spacial score (nSPS) is 17.3. The zero-order valence-corrected chi connectivity index (χ0v) is 20.3. The molecule has 182 valence electrons. The third-order valence-corrected chi connectivity index (χ3v) is 6.25. The summed E-state index contributed by atoms with van der Waals surface area (Å²) in [6.45, 7) is 2.19. The van der Waals surface area contributed by atoms with Crippen molar-refractivity contribution in [1.82, 2.24) is 14.9 Å². The number of hydrogen-bond acceptors (Lipinski definition) is 7. The predicted molar refractivity (Wildman–Crippen MR) is 135 cm³/mol. The number of carbonyl (C=O) groups is 1. The molecular formula is C27H30N4O4. The maximum absolute atomic E-state index is 12.1. The average Bonchev–Trinajstić information content (AvgIpc) is 2.89. The molecule has 35 heavy (non-hydrogen) atoms. The van der Waals surface area contributed by atoms with Gasteiger partial charge in [-0.25, -0.2) is 14.8 Å². The van der Waals surface area contributed by atoms with E-state index in [9.17, 15) is 4.79 Å². The lowest BCUT2D eigenvalue weighted by Gasteiger charge is -2.34. The molecule has 1 aliphatic carbocycles. The highest BCUT2D eigenvalue weighted by Crippen LogP contribution is 2.37. The molecule has 2 aromatic carbocycles. The summed E-state index contributed by atoms with van der Waals surface area (Å²) >= 11 is 0. The first-order valence-corrected chi connectivity index (χ1v) is 11.7. The molecule has 1 aromatic heterocycles. The van der Waals surface area contributed by atoms with Crippen molar-refractivity contribution >= 4 is 28.5 Å². The number of aromatic nitrogens is 2. The second-order valence-electron chi connectivity index (χ2n) is 8.45. The maximum atomic E-state index is 12.1. The highest BCUT2D eigenvalue weighted by atomic mass is 16.6. The Bertz CT molecular complexity index is 1230. The van der Waals surface area contributed by atoms with Gasteiger partial charge in [0, 0.05) is 35.8 Å². The van der Waals surface area contributed by atoms with Crippen molar-refractivity contribution in [2.24, 2.45) is 0 Å². The lowest BCUT2D eigenvalue weighted by molar-refractivity contribution is 0.0718. The monoisotopic (exact) mass is 474 g/mol. The van der Waals surface area contributed by atoms with E-state index in [1.165, 1.54) is 6.33 Å². The number of nitrogens with one attached hydrogen (secondary N) is 1. The Hall–Kier alpha value is -3.99. The molecule has 0 atom stereocenters. The Kier molecular flexibility index (Phi) is 7.56. The van der Waals surface area contributed by atoms with E-state index < -0.39 is 0 Å². The number of anilines is 2. The number of fused-ring (bicyclic) bond motifs is 1. The van der Waals surface area contributed by atoms with Crippen molar-refractivity contribution in [3.63, 3.8) is 0 Å². The van der Waals surface area contributed by atoms with Gasteiger partial charge in [-0.1, -0.05) is 12.0 Å². The van der Waals surface area contributed by atoms with Crippen LogP contribution in [0.2, 0.25) is 0 Å². The van der Waals surface area contributed by atoms with Gasteiger partial charge in [-0.15, -0.1) is 6.42 Å². The van der Waals surface area contributed by atoms with Crippen LogP contribution in [0.1, 0.15) is 38.2 Å². The molecule has 1 amide bonds. The molecule has 1 saturated carbocycles. The van der Waals surface area contributed by atoms with E-state index in [0.717, 1.165) is 47.8 Å². The summed E-state index contributed by atoms with van der Waals surface area (Å²) in [5, 5.41) is 4.15. The van der Waals surface area contributed by atoms with Gasteiger partial charge >= 0.3 is 6.09 Å². The molecule has 1 heterocycles. The molecule has 8 nitrogen and oxygen atoms in total. The van der Waals surface area contributed by atoms with Crippen molar-refractivity contribution < 1.29 is 19.0 Å². The van der Waals surface area contributed by atoms with Crippen LogP contribution >= 0.6 is 0 Å². The minimum Gasteiger partial charge on any atom is -0.493 e. The van der Waals surface area contributed by atoms with Gasteiger partial charge in [0.25, 0.3) is 0 Å². The number of hydrogen-bond donors (Lipinski definition) is 1. The fourth-order valence-electron chi connectivity index (χ4n) is 4.34. The molecule has 0 aliphatic heterocycles. The second-order valence-corrected chi connectivity index (χ2v) is 8.45. The Morgan fingerprint density at radius 1 is 1.17 bits per heavy atom. The number of rotatable bonds is 7. The minimum atomic E-state index is -0.277. The summed E-state index contributed by atoms with van der Waals surface area (Å²) in [6, 6.07) is 11.5. The molecule has 0 bridgehead atoms. The van der Waals surface area contributed by atoms with E-state index in [1.54, 1.807) is 19.1 Å². The van der Waals surface area contributed by atoms with Crippen LogP contribution in [-0.4, -0.2) is 53.9 Å². The molecule has 8 heteroatoms. The number of terminal acetylenes is 1. The third-order valence-electron chi connectivity index (χ3n) is 6.25. The standard InChI is InChI=1S/C27H30N4O4/c1-5-18-8-7-9-19(14-18)30-26-22-15-25(24(33-4)16-23(22)28-17-29-26)35-21-12-10-20(11-13-21)31(3)27(32)34-6-2/h1,7-9,14-17,20-21H,6,10-13H2,2-4H3,(H,28,29,30)/t20-,21+. The SMILES string of the molecule is C#Cc1cccc(Nc2ncnc3cc(OC)c(O[C@H]4CC[C@@H](N(C)C(=O)OCC)CC4)cc23)c1. The van der Waals surface area contributed by atoms with E-state index >= 15 is 0 Å². The van der Waals surface area contributed by atoms with Crippen LogP contribution < -0.4 is 14.8 Å². The lowest BCUT2D eigenvalue weighted by Crippen LogP contribution is -2.41. The summed E-state index contributed by atoms with van der Waals surface area (Å²) in [7, 11) is 3.41. The lowest BCUT2D eigenvalue weighted by atomic mass is 9.92. The van der Waals surface area contributed by atoms with Crippen molar-refractivity contribution in [3.8, 4) is 23.8 Å². The summed E-state index contributed by atoms with van der Waals surface area (Å²) in [4.78, 5) is 22.6. The van der Waals surface area contributed by atoms with E-state index in [-0.39, 0.29) is 18.2 Å². The number of methoxy groups -OCH3 is 1. The molecular weight excluding hydrogens is 444 g/mol. The van der Waals surface area contributed by atoms with Crippen LogP contribution in [0.5, 0.6) is 11.5 Å². The van der Waals surface area contributed by atoms with Crippen molar-refractivity contribution in [1.29, 1.82) is 0 Å². The zero-order chi connectivity index (χ0) is 24.8. The largest absolute Gasteiger partial charge is 0.493 e. The number of nitrogens with zero attached hydrogens (tertiary/aromatic N) is 3. The quantitative estimate of drug-likeness (QED) is 0.475. The van der Waals surface area contributed by atoms with Gasteiger partial charge < -0.3 is 24.4 Å². The van der Waals surface area contributed by atoms with Crippen LogP contribution in [0.3, 0.4) is 0 Å². The fourth-order valence-corrected chi connectivity index (χ4v) is 4.34. The van der Waals surface area contributed by atoms with Crippen LogP contribution in [0.25, 0.3) is 10.9 Å². The molecule has 3 aromatic rings. The Morgan fingerprint density at radius 2 is 1.97 bits per heavy atom. The molecule has 0 radical (unpaired) electrons. The molecule has 0 saturated heterocycles. The van der Waals surface area contributed by atoms with Crippen LogP contribution in [-0.2, 0) is 4.74 Å². The smallest absolute Gasteiger partial charge is 0.409 e. The Balaban J connectivity index is 1.52. The van der Waals surface area contributed by atoms with Crippen molar-refractivity contribution in [2.75, 3.05) is 26.1 Å². The highest BCUT2D eigenvalue weighted by molar-refractivity contribution is 5.93. The zero-order valence-electron chi connectivity index (χ0n) is 20.3. The van der Waals surface area contributed by atoms with Gasteiger partial charge in [0.15, 0.2) is 11.5 Å². The third kappa shape index (κ3) is 5.57. The predicted octanol–water partition coefficient (Wildman–Crippen LogP) is 5.14. The average molecular weight is 475 g/mol. The van der Waals surface area contributed by atoms with E-state index in [0.29, 0.717) is 23.9 Å². The number of ether oxygens (including phenoxy) is 3. The number of amides is 1. The maximum Gasteiger partial charge on any atom is 0.409 e. The van der Waals surface area contributed by atoms with Gasteiger partial charge in [0.05, 0.1) is 25.3 Å². The van der Waals surface area contributed by atoms with Crippen LogP contribution in [0.4, 0.5) is 16.3 Å². The van der Waals surface area contributed by atoms with Gasteiger partial charge in [0.1, 0.15) is 12.1 Å². The van der Waals surface area contributed by atoms with Gasteiger partial charge in [-0.3, -0.25) is 0 Å². The van der Waals surface area contributed by atoms with Gasteiger partial charge in [-0.2, -0.15) is 0 Å². The van der Waals surface area contributed by atoms with Crippen molar-refractivity contribution in [3.05, 3.63) is 48.3 Å². The first-order valence-electron chi connectivity index (χ1n) is 11.7. The van der Waals surface area contributed by atoms with E-state index in [4.69, 9.17) is 20.6 Å². The Labute approximate surface area is 205 Å². The summed E-state index contributed by atoms with van der Waals surface area (Å²) in [6.07, 6.45) is 10.1.